The third kappa shape index (κ3) is 6.28. The van der Waals surface area contributed by atoms with Crippen LogP contribution in [0, 0.1) is 0 Å². The molecule has 0 unspecified atom stereocenters. The number of benzene rings is 1. The van der Waals surface area contributed by atoms with Crippen LogP contribution in [0.4, 0.5) is 18.9 Å². The van der Waals surface area contributed by atoms with E-state index in [1.54, 1.807) is 13.2 Å². The largest absolute Gasteiger partial charge is 0.573 e. The predicted octanol–water partition coefficient (Wildman–Crippen LogP) is 2.35. The Morgan fingerprint density at radius 2 is 2.05 bits per heavy atom. The minimum absolute atomic E-state index is 0.0133. The van der Waals surface area contributed by atoms with Crippen LogP contribution >= 0.6 is 0 Å². The van der Waals surface area contributed by atoms with E-state index in [9.17, 15) is 13.2 Å². The molecule has 0 saturated carbocycles. The molecular weight excluding hydrogens is 275 g/mol. The molecule has 0 amide bonds. The highest BCUT2D eigenvalue weighted by Crippen LogP contribution is 2.29. The maximum Gasteiger partial charge on any atom is 0.573 e. The summed E-state index contributed by atoms with van der Waals surface area (Å²) in [7, 11) is 1.57. The van der Waals surface area contributed by atoms with Crippen LogP contribution in [0.15, 0.2) is 29.3 Å². The number of anilines is 1. The van der Waals surface area contributed by atoms with E-state index in [1.165, 1.54) is 18.2 Å². The smallest absolute Gasteiger partial charge is 0.404 e. The predicted molar refractivity (Wildman–Crippen MR) is 69.7 cm³/mol. The minimum atomic E-state index is -4.76. The molecule has 20 heavy (non-hydrogen) atoms. The van der Waals surface area contributed by atoms with Crippen molar-refractivity contribution in [3.8, 4) is 5.75 Å². The van der Waals surface area contributed by atoms with Gasteiger partial charge in [-0.15, -0.1) is 13.2 Å². The van der Waals surface area contributed by atoms with Gasteiger partial charge in [-0.3, -0.25) is 4.99 Å². The second kappa shape index (κ2) is 7.59. The molecule has 0 aliphatic carbocycles. The molecule has 8 heteroatoms. The summed E-state index contributed by atoms with van der Waals surface area (Å²) in [5.41, 5.74) is 5.68. The first-order valence-corrected chi connectivity index (χ1v) is 5.83. The van der Waals surface area contributed by atoms with Gasteiger partial charge in [-0.1, -0.05) is 12.1 Å². The van der Waals surface area contributed by atoms with Crippen molar-refractivity contribution in [1.82, 2.24) is 0 Å². The molecule has 1 rings (SSSR count). The van der Waals surface area contributed by atoms with Crippen LogP contribution in [-0.4, -0.2) is 32.6 Å². The van der Waals surface area contributed by atoms with Gasteiger partial charge in [0.2, 0.25) is 0 Å². The first kappa shape index (κ1) is 16.1. The lowest BCUT2D eigenvalue weighted by molar-refractivity contribution is -0.274. The fourth-order valence-electron chi connectivity index (χ4n) is 1.37. The van der Waals surface area contributed by atoms with Crippen molar-refractivity contribution in [3.05, 3.63) is 24.3 Å². The van der Waals surface area contributed by atoms with Crippen LogP contribution < -0.4 is 15.8 Å². The number of alkyl halides is 3. The summed E-state index contributed by atoms with van der Waals surface area (Å²) in [6.45, 7) is 0.944. The molecular formula is C12H16F3N3O2. The first-order chi connectivity index (χ1) is 9.42. The Hall–Kier alpha value is -1.96. The number of rotatable bonds is 6. The first-order valence-electron chi connectivity index (χ1n) is 5.83. The van der Waals surface area contributed by atoms with E-state index in [4.69, 9.17) is 10.5 Å². The topological polar surface area (TPSA) is 68.9 Å². The second-order valence-electron chi connectivity index (χ2n) is 3.78. The summed E-state index contributed by atoms with van der Waals surface area (Å²) in [5.74, 6) is -0.352. The zero-order valence-electron chi connectivity index (χ0n) is 10.9. The Morgan fingerprint density at radius 3 is 2.70 bits per heavy atom. The van der Waals surface area contributed by atoms with Gasteiger partial charge in [-0.05, 0) is 18.6 Å². The summed E-state index contributed by atoms with van der Waals surface area (Å²) in [4.78, 5) is 3.96. The van der Waals surface area contributed by atoms with Gasteiger partial charge in [-0.2, -0.15) is 0 Å². The van der Waals surface area contributed by atoms with Gasteiger partial charge in [0.1, 0.15) is 0 Å². The summed E-state index contributed by atoms with van der Waals surface area (Å²) in [6.07, 6.45) is -4.10. The summed E-state index contributed by atoms with van der Waals surface area (Å²) < 4.78 is 45.4. The number of aliphatic imine (C=N–C) groups is 1. The highest BCUT2D eigenvalue weighted by molar-refractivity contribution is 5.93. The van der Waals surface area contributed by atoms with Crippen LogP contribution in [-0.2, 0) is 4.74 Å². The molecule has 0 aliphatic rings. The lowest BCUT2D eigenvalue weighted by Crippen LogP contribution is -2.24. The third-order valence-corrected chi connectivity index (χ3v) is 2.16. The van der Waals surface area contributed by atoms with E-state index in [0.717, 1.165) is 0 Å². The van der Waals surface area contributed by atoms with Gasteiger partial charge >= 0.3 is 6.36 Å². The molecule has 112 valence electrons. The molecule has 0 atom stereocenters. The molecule has 0 saturated heterocycles. The lowest BCUT2D eigenvalue weighted by atomic mass is 10.3. The quantitative estimate of drug-likeness (QED) is 0.479. The fourth-order valence-corrected chi connectivity index (χ4v) is 1.37. The summed E-state index contributed by atoms with van der Waals surface area (Å²) in [5, 5.41) is 2.57. The van der Waals surface area contributed by atoms with Gasteiger partial charge in [0.05, 0.1) is 5.69 Å². The molecule has 5 nitrogen and oxygen atoms in total. The summed E-state index contributed by atoms with van der Waals surface area (Å²) in [6, 6.07) is 5.59. The zero-order chi connectivity index (χ0) is 15.0. The molecule has 3 N–H and O–H groups in total. The number of ether oxygens (including phenoxy) is 2. The van der Waals surface area contributed by atoms with E-state index < -0.39 is 6.36 Å². The van der Waals surface area contributed by atoms with Crippen LogP contribution in [0.5, 0.6) is 5.75 Å². The molecule has 0 bridgehead atoms. The summed E-state index contributed by atoms with van der Waals surface area (Å²) >= 11 is 0. The van der Waals surface area contributed by atoms with Gasteiger partial charge < -0.3 is 20.5 Å². The highest BCUT2D eigenvalue weighted by Gasteiger charge is 2.32. The number of nitrogens with two attached hydrogens (primary N) is 1. The van der Waals surface area contributed by atoms with Gasteiger partial charge in [0.25, 0.3) is 0 Å². The number of nitrogens with zero attached hydrogens (tertiary/aromatic N) is 1. The minimum Gasteiger partial charge on any atom is -0.404 e. The number of nitrogens with one attached hydrogen (secondary N) is 1. The fraction of sp³-hybridized carbons (Fsp3) is 0.417. The Kier molecular flexibility index (Phi) is 6.10. The molecule has 1 aromatic carbocycles. The van der Waals surface area contributed by atoms with Gasteiger partial charge in [-0.25, -0.2) is 0 Å². The van der Waals surface area contributed by atoms with Gasteiger partial charge in [0, 0.05) is 20.3 Å². The van der Waals surface area contributed by atoms with E-state index in [-0.39, 0.29) is 17.4 Å². The maximum absolute atomic E-state index is 12.2. The maximum atomic E-state index is 12.2. The Bertz CT molecular complexity index is 450. The molecule has 0 aromatic heterocycles. The van der Waals surface area contributed by atoms with Crippen molar-refractivity contribution in [3.63, 3.8) is 0 Å². The Labute approximate surface area is 114 Å². The molecule has 0 spiro atoms. The molecule has 0 fully saturated rings. The Morgan fingerprint density at radius 1 is 1.35 bits per heavy atom. The number of guanidine groups is 1. The van der Waals surface area contributed by atoms with E-state index in [2.05, 4.69) is 15.0 Å². The normalized spacial score (nSPS) is 12.3. The number of para-hydroxylation sites is 2. The van der Waals surface area contributed by atoms with Gasteiger partial charge in [0.15, 0.2) is 11.7 Å². The van der Waals surface area contributed by atoms with Crippen molar-refractivity contribution >= 4 is 11.6 Å². The SMILES string of the molecule is COCCCN=C(N)Nc1ccccc1OC(F)(F)F. The van der Waals surface area contributed by atoms with E-state index in [1.807, 2.05) is 0 Å². The molecule has 1 aromatic rings. The van der Waals surface area contributed by atoms with Crippen LogP contribution in [0.3, 0.4) is 0 Å². The Balaban J connectivity index is 2.67. The number of halogens is 3. The standard InChI is InChI=1S/C12H16F3N3O2/c1-19-8-4-7-17-11(16)18-9-5-2-3-6-10(9)20-12(13,14)15/h2-3,5-6H,4,7-8H2,1H3,(H3,16,17,18). The molecule has 0 radical (unpaired) electrons. The molecule has 0 heterocycles. The number of methoxy groups -OCH3 is 1. The van der Waals surface area contributed by atoms with Crippen molar-refractivity contribution in [2.45, 2.75) is 12.8 Å². The van der Waals surface area contributed by atoms with Crippen LogP contribution in [0.25, 0.3) is 0 Å². The average Bonchev–Trinajstić information content (AvgIpc) is 2.35. The zero-order valence-corrected chi connectivity index (χ0v) is 10.9. The van der Waals surface area contributed by atoms with Crippen LogP contribution in [0.1, 0.15) is 6.42 Å². The monoisotopic (exact) mass is 291 g/mol. The third-order valence-electron chi connectivity index (χ3n) is 2.16. The van der Waals surface area contributed by atoms with E-state index >= 15 is 0 Å². The van der Waals surface area contributed by atoms with E-state index in [0.29, 0.717) is 19.6 Å². The number of hydrogen-bond acceptors (Lipinski definition) is 3. The van der Waals surface area contributed by atoms with Crippen molar-refractivity contribution in [2.24, 2.45) is 10.7 Å². The lowest BCUT2D eigenvalue weighted by Gasteiger charge is -2.14. The van der Waals surface area contributed by atoms with Crippen molar-refractivity contribution < 1.29 is 22.6 Å². The number of hydrogen-bond donors (Lipinski definition) is 2. The van der Waals surface area contributed by atoms with Crippen LogP contribution in [0.2, 0.25) is 0 Å². The molecule has 0 aliphatic heterocycles. The van der Waals surface area contributed by atoms with Crippen molar-refractivity contribution in [1.29, 1.82) is 0 Å². The second-order valence-corrected chi connectivity index (χ2v) is 3.78. The van der Waals surface area contributed by atoms with Crippen molar-refractivity contribution in [2.75, 3.05) is 25.6 Å². The highest BCUT2D eigenvalue weighted by atomic mass is 19.4. The average molecular weight is 291 g/mol.